The Labute approximate surface area is 233 Å². The predicted octanol–water partition coefficient (Wildman–Crippen LogP) is 7.73. The Morgan fingerprint density at radius 1 is 0.429 bits per heavy atom. The quantitative estimate of drug-likeness (QED) is 0.0549. The zero-order chi connectivity index (χ0) is 31.8. The molecule has 0 fully saturated rings. The van der Waals surface area contributed by atoms with E-state index in [-0.39, 0.29) is 26.4 Å². The third kappa shape index (κ3) is 8.14. The summed E-state index contributed by atoms with van der Waals surface area (Å²) in [6, 6.07) is 0. The Bertz CT molecular complexity index is 1180. The zero-order valence-electron chi connectivity index (χ0n) is 22.2. The van der Waals surface area contributed by atoms with Crippen molar-refractivity contribution in [3.05, 3.63) is 57.7 Å². The maximum atomic E-state index is 15.0. The average molecular weight is 662 g/mol. The van der Waals surface area contributed by atoms with Gasteiger partial charge in [-0.05, 0) is 27.7 Å². The van der Waals surface area contributed by atoms with Gasteiger partial charge in [0, 0.05) is 11.1 Å². The van der Waals surface area contributed by atoms with Gasteiger partial charge in [0.1, 0.15) is 0 Å². The van der Waals surface area contributed by atoms with Crippen molar-refractivity contribution in [1.29, 1.82) is 0 Å². The Morgan fingerprint density at radius 3 is 0.833 bits per heavy atom. The molecule has 0 aliphatic heterocycles. The van der Waals surface area contributed by atoms with Crippen molar-refractivity contribution < 1.29 is 82.5 Å². The number of rotatable bonds is 17. The monoisotopic (exact) mass is 662 g/mol. The number of halogens is 8. The first-order valence-corrected chi connectivity index (χ1v) is 15.3. The molecule has 0 amide bonds. The smallest absolute Gasteiger partial charge is 0.255 e. The normalized spacial score (nSPS) is 12.4. The maximum Gasteiger partial charge on any atom is 0.388 e. The Hall–Kier alpha value is -1.98. The minimum atomic E-state index is -4.83. The fraction of sp³-hybridized carbons (Fsp3) is 0.455. The molecule has 10 nitrogen and oxygen atoms in total. The summed E-state index contributed by atoms with van der Waals surface area (Å²) in [6.45, 7) is 4.25. The van der Waals surface area contributed by atoms with E-state index >= 15 is 17.6 Å². The van der Waals surface area contributed by atoms with Gasteiger partial charge in [-0.3, -0.25) is 9.13 Å². The Kier molecular flexibility index (Phi) is 13.5. The molecular formula is C22H24F8O10P2. The first-order valence-electron chi connectivity index (χ1n) is 11.8. The lowest BCUT2D eigenvalue weighted by Crippen LogP contribution is -2.13. The lowest BCUT2D eigenvalue weighted by atomic mass is 9.98. The molecular weight excluding hydrogens is 638 g/mol. The van der Waals surface area contributed by atoms with Crippen LogP contribution in [-0.4, -0.2) is 26.4 Å². The van der Waals surface area contributed by atoms with E-state index in [2.05, 4.69) is 38.2 Å². The maximum absolute atomic E-state index is 15.0. The zero-order valence-corrected chi connectivity index (χ0v) is 24.0. The van der Waals surface area contributed by atoms with Crippen molar-refractivity contribution in [1.82, 2.24) is 0 Å². The van der Waals surface area contributed by atoms with Gasteiger partial charge in [0.15, 0.2) is 46.5 Å². The molecule has 0 aromatic heterocycles. The number of hydrogen-bond acceptors (Lipinski definition) is 10. The van der Waals surface area contributed by atoms with Crippen molar-refractivity contribution >= 4 is 15.2 Å². The highest BCUT2D eigenvalue weighted by atomic mass is 31.2. The van der Waals surface area contributed by atoms with Gasteiger partial charge in [0.25, 0.3) is 0 Å². The molecule has 2 rings (SSSR count). The highest BCUT2D eigenvalue weighted by Gasteiger charge is 2.40. The third-order valence-corrected chi connectivity index (χ3v) is 7.54. The number of hydrogen-bond donors (Lipinski definition) is 0. The van der Waals surface area contributed by atoms with E-state index in [0.717, 1.165) is 0 Å². The molecule has 0 saturated heterocycles. The summed E-state index contributed by atoms with van der Waals surface area (Å²) in [7, 11) is -9.66. The van der Waals surface area contributed by atoms with E-state index in [1.54, 1.807) is 0 Å². The standard InChI is InChI=1S/C22H24F8O10P2/c1-5-33-37-41(31,38-34-6-2)9-11-15(23)19(27)13(20(28)16(11)24)14-21(29)17(25)12(18(26)22(14)30)10-42(32,39-35-7-3)40-36-8-4/h5-10H2,1-4H3. The molecule has 42 heavy (non-hydrogen) atoms. The first kappa shape index (κ1) is 36.2. The van der Waals surface area contributed by atoms with E-state index in [0.29, 0.717) is 0 Å². The molecule has 0 bridgehead atoms. The van der Waals surface area contributed by atoms with Gasteiger partial charge in [0.2, 0.25) is 0 Å². The lowest BCUT2D eigenvalue weighted by molar-refractivity contribution is -0.263. The van der Waals surface area contributed by atoms with Crippen LogP contribution in [-0.2, 0) is 59.7 Å². The van der Waals surface area contributed by atoms with E-state index in [1.807, 2.05) is 0 Å². The fourth-order valence-electron chi connectivity index (χ4n) is 3.12. The van der Waals surface area contributed by atoms with Crippen molar-refractivity contribution in [2.24, 2.45) is 0 Å². The summed E-state index contributed by atoms with van der Waals surface area (Å²) >= 11 is 0. The van der Waals surface area contributed by atoms with Crippen molar-refractivity contribution in [3.8, 4) is 11.1 Å². The van der Waals surface area contributed by atoms with Crippen LogP contribution in [0.15, 0.2) is 0 Å². The summed E-state index contributed by atoms with van der Waals surface area (Å²) in [6.07, 6.45) is -3.14. The summed E-state index contributed by atoms with van der Waals surface area (Å²) in [5.74, 6) is -19.7. The average Bonchev–Trinajstić information content (AvgIpc) is 2.97. The molecule has 238 valence electrons. The number of benzene rings is 2. The topological polar surface area (TPSA) is 108 Å². The van der Waals surface area contributed by atoms with Gasteiger partial charge >= 0.3 is 15.2 Å². The third-order valence-electron chi connectivity index (χ3n) is 4.80. The van der Waals surface area contributed by atoms with Gasteiger partial charge in [-0.1, -0.05) is 0 Å². The highest BCUT2D eigenvalue weighted by Crippen LogP contribution is 2.55. The molecule has 0 spiro atoms. The summed E-state index contributed by atoms with van der Waals surface area (Å²) in [4.78, 5) is 17.6. The molecule has 0 aliphatic carbocycles. The molecule has 0 unspecified atom stereocenters. The highest BCUT2D eigenvalue weighted by molar-refractivity contribution is 7.53. The molecule has 0 radical (unpaired) electrons. The predicted molar refractivity (Wildman–Crippen MR) is 125 cm³/mol. The molecule has 20 heteroatoms. The second kappa shape index (κ2) is 15.7. The van der Waals surface area contributed by atoms with Gasteiger partial charge < -0.3 is 0 Å². The fourth-order valence-corrected chi connectivity index (χ4v) is 5.77. The van der Waals surface area contributed by atoms with Crippen LogP contribution in [0, 0.1) is 46.5 Å². The van der Waals surface area contributed by atoms with E-state index < -0.39 is 96.3 Å². The first-order chi connectivity index (χ1) is 19.7. The van der Waals surface area contributed by atoms with Crippen LogP contribution in [0.25, 0.3) is 11.1 Å². The van der Waals surface area contributed by atoms with Crippen LogP contribution in [0.1, 0.15) is 38.8 Å². The molecule has 0 aliphatic rings. The Morgan fingerprint density at radius 2 is 0.643 bits per heavy atom. The molecule has 0 heterocycles. The van der Waals surface area contributed by atoms with Crippen LogP contribution < -0.4 is 0 Å². The molecule has 0 saturated carbocycles. The van der Waals surface area contributed by atoms with Crippen molar-refractivity contribution in [2.45, 2.75) is 40.0 Å². The van der Waals surface area contributed by atoms with E-state index in [9.17, 15) is 26.7 Å². The molecule has 0 N–H and O–H groups in total. The SMILES string of the molecule is CCOOP(=O)(Cc1c(F)c(F)c(-c2c(F)c(F)c(CP(=O)(OOCC)OOCC)c(F)c2F)c(F)c1F)OOCC. The second-order valence-electron chi connectivity index (χ2n) is 7.68. The summed E-state index contributed by atoms with van der Waals surface area (Å²) in [5.41, 5.74) is -7.73. The minimum absolute atomic E-state index is 0.275. The van der Waals surface area contributed by atoms with Crippen LogP contribution in [0.4, 0.5) is 35.1 Å². The van der Waals surface area contributed by atoms with E-state index in [1.165, 1.54) is 27.7 Å². The Balaban J connectivity index is 2.70. The second-order valence-corrected chi connectivity index (χ2v) is 11.4. The summed E-state index contributed by atoms with van der Waals surface area (Å²) in [5, 5.41) is 0. The molecule has 0 atom stereocenters. The lowest BCUT2D eigenvalue weighted by Gasteiger charge is -2.19. The van der Waals surface area contributed by atoms with Crippen molar-refractivity contribution in [2.75, 3.05) is 26.4 Å². The van der Waals surface area contributed by atoms with Crippen LogP contribution in [0.3, 0.4) is 0 Å². The van der Waals surface area contributed by atoms with Gasteiger partial charge in [0.05, 0.1) is 49.9 Å². The largest absolute Gasteiger partial charge is 0.388 e. The summed E-state index contributed by atoms with van der Waals surface area (Å²) < 4.78 is 163. The van der Waals surface area contributed by atoms with Crippen molar-refractivity contribution in [3.63, 3.8) is 0 Å². The van der Waals surface area contributed by atoms with Crippen LogP contribution in [0.5, 0.6) is 0 Å². The minimum Gasteiger partial charge on any atom is -0.255 e. The van der Waals surface area contributed by atoms with Crippen LogP contribution >= 0.6 is 15.2 Å². The molecule has 2 aromatic carbocycles. The van der Waals surface area contributed by atoms with Gasteiger partial charge in [-0.25, -0.2) is 54.7 Å². The van der Waals surface area contributed by atoms with E-state index in [4.69, 9.17) is 0 Å². The van der Waals surface area contributed by atoms with Gasteiger partial charge in [-0.15, -0.1) is 18.7 Å². The molecule has 2 aromatic rings. The van der Waals surface area contributed by atoms with Gasteiger partial charge in [-0.2, -0.15) is 0 Å². The van der Waals surface area contributed by atoms with Crippen LogP contribution in [0.2, 0.25) is 0 Å².